The van der Waals surface area contributed by atoms with Crippen molar-refractivity contribution in [2.45, 2.75) is 31.0 Å². The molecule has 1 saturated heterocycles. The zero-order valence-electron chi connectivity index (χ0n) is 8.15. The van der Waals surface area contributed by atoms with Crippen LogP contribution in [0.25, 0.3) is 0 Å². The number of hydrogen-bond donors (Lipinski definition) is 0. The standard InChI is InChI=1S/C9H13F3S2/c1-6(2)7(9(10,11)12)8-13-4-3-5-14-8/h8H,3-5H2,1-2H3. The maximum Gasteiger partial charge on any atom is 0.414 e. The molecule has 0 atom stereocenters. The maximum absolute atomic E-state index is 12.7. The molecule has 1 fully saturated rings. The van der Waals surface area contributed by atoms with Gasteiger partial charge in [0.15, 0.2) is 0 Å². The first-order chi connectivity index (χ1) is 6.43. The second-order valence-corrected chi connectivity index (χ2v) is 6.06. The quantitative estimate of drug-likeness (QED) is 0.635. The van der Waals surface area contributed by atoms with Gasteiger partial charge in [0, 0.05) is 0 Å². The van der Waals surface area contributed by atoms with E-state index in [-0.39, 0.29) is 5.57 Å². The molecule has 0 spiro atoms. The van der Waals surface area contributed by atoms with Crippen molar-refractivity contribution < 1.29 is 13.2 Å². The number of halogens is 3. The highest BCUT2D eigenvalue weighted by molar-refractivity contribution is 8.17. The Kier molecular flexibility index (Phi) is 4.25. The first kappa shape index (κ1) is 12.3. The van der Waals surface area contributed by atoms with Crippen LogP contribution in [0.15, 0.2) is 11.1 Å². The fourth-order valence-corrected chi connectivity index (χ4v) is 4.57. The summed E-state index contributed by atoms with van der Waals surface area (Å²) in [6.07, 6.45) is -3.15. The zero-order valence-corrected chi connectivity index (χ0v) is 9.78. The number of allylic oxidation sites excluding steroid dienone is 1. The van der Waals surface area contributed by atoms with E-state index in [1.165, 1.54) is 23.5 Å². The summed E-state index contributed by atoms with van der Waals surface area (Å²) in [4.78, 5) is 0. The van der Waals surface area contributed by atoms with Gasteiger partial charge in [-0.2, -0.15) is 13.2 Å². The highest BCUT2D eigenvalue weighted by Gasteiger charge is 2.40. The molecule has 0 aliphatic carbocycles. The van der Waals surface area contributed by atoms with Gasteiger partial charge in [0.25, 0.3) is 0 Å². The molecule has 0 aromatic rings. The van der Waals surface area contributed by atoms with Crippen molar-refractivity contribution in [1.82, 2.24) is 0 Å². The molecule has 0 unspecified atom stereocenters. The summed E-state index contributed by atoms with van der Waals surface area (Å²) in [5.74, 6) is 1.68. The lowest BCUT2D eigenvalue weighted by Gasteiger charge is -2.26. The van der Waals surface area contributed by atoms with Gasteiger partial charge in [0.2, 0.25) is 0 Å². The van der Waals surface area contributed by atoms with Crippen molar-refractivity contribution in [2.75, 3.05) is 11.5 Å². The van der Waals surface area contributed by atoms with Crippen LogP contribution in [0.4, 0.5) is 13.2 Å². The molecule has 0 saturated carbocycles. The first-order valence-corrected chi connectivity index (χ1v) is 6.50. The summed E-state index contributed by atoms with van der Waals surface area (Å²) in [5.41, 5.74) is 0.0524. The van der Waals surface area contributed by atoms with Gasteiger partial charge in [-0.05, 0) is 31.8 Å². The molecule has 0 amide bonds. The number of hydrogen-bond acceptors (Lipinski definition) is 2. The molecule has 5 heteroatoms. The number of thioether (sulfide) groups is 2. The number of alkyl halides is 3. The molecular weight excluding hydrogens is 229 g/mol. The second kappa shape index (κ2) is 4.84. The smallest absolute Gasteiger partial charge is 0.166 e. The Labute approximate surface area is 90.7 Å². The maximum atomic E-state index is 12.7. The summed E-state index contributed by atoms with van der Waals surface area (Å²) >= 11 is 2.82. The third-order valence-corrected chi connectivity index (χ3v) is 4.85. The Balaban J connectivity index is 2.83. The van der Waals surface area contributed by atoms with Gasteiger partial charge in [-0.15, -0.1) is 23.5 Å². The molecule has 1 aliphatic heterocycles. The third kappa shape index (κ3) is 3.12. The number of rotatable bonds is 1. The SMILES string of the molecule is CC(C)=C(C1SCCCS1)C(F)(F)F. The third-order valence-electron chi connectivity index (χ3n) is 1.91. The van der Waals surface area contributed by atoms with Gasteiger partial charge in [0.1, 0.15) is 0 Å². The normalized spacial score (nSPS) is 19.5. The fourth-order valence-electron chi connectivity index (χ4n) is 1.31. The Morgan fingerprint density at radius 1 is 1.14 bits per heavy atom. The van der Waals surface area contributed by atoms with Crippen LogP contribution in [0.2, 0.25) is 0 Å². The minimum atomic E-state index is -4.17. The van der Waals surface area contributed by atoms with Gasteiger partial charge in [0.05, 0.1) is 10.2 Å². The van der Waals surface area contributed by atoms with Crippen molar-refractivity contribution in [2.24, 2.45) is 0 Å². The van der Waals surface area contributed by atoms with Crippen LogP contribution in [0, 0.1) is 0 Å². The lowest BCUT2D eigenvalue weighted by Crippen LogP contribution is -2.23. The van der Waals surface area contributed by atoms with Gasteiger partial charge in [-0.25, -0.2) is 0 Å². The van der Waals surface area contributed by atoms with Crippen LogP contribution in [0.5, 0.6) is 0 Å². The molecule has 1 rings (SSSR count). The molecular formula is C9H13F3S2. The average molecular weight is 242 g/mol. The van der Waals surface area contributed by atoms with E-state index in [1.807, 2.05) is 0 Å². The molecule has 82 valence electrons. The van der Waals surface area contributed by atoms with Gasteiger partial charge >= 0.3 is 6.18 Å². The Morgan fingerprint density at radius 3 is 2.00 bits per heavy atom. The largest absolute Gasteiger partial charge is 0.414 e. The summed E-state index contributed by atoms with van der Waals surface area (Å²) < 4.78 is 37.6. The molecule has 0 radical (unpaired) electrons. The molecule has 14 heavy (non-hydrogen) atoms. The molecule has 1 heterocycles. The fraction of sp³-hybridized carbons (Fsp3) is 0.778. The van der Waals surface area contributed by atoms with E-state index in [1.54, 1.807) is 13.8 Å². The second-order valence-electron chi connectivity index (χ2n) is 3.34. The van der Waals surface area contributed by atoms with Crippen LogP contribution < -0.4 is 0 Å². The van der Waals surface area contributed by atoms with Crippen molar-refractivity contribution in [3.63, 3.8) is 0 Å². The minimum absolute atomic E-state index is 0.341. The lowest BCUT2D eigenvalue weighted by molar-refractivity contribution is -0.0923. The molecule has 0 aromatic carbocycles. The summed E-state index contributed by atoms with van der Waals surface area (Å²) in [6.45, 7) is 3.08. The van der Waals surface area contributed by atoms with Gasteiger partial charge in [-0.3, -0.25) is 0 Å². The predicted octanol–water partition coefficient (Wildman–Crippen LogP) is 4.08. The molecule has 0 bridgehead atoms. The molecule has 0 aromatic heterocycles. The topological polar surface area (TPSA) is 0 Å². The highest BCUT2D eigenvalue weighted by Crippen LogP contribution is 2.43. The van der Waals surface area contributed by atoms with Crippen LogP contribution in [-0.4, -0.2) is 22.3 Å². The lowest BCUT2D eigenvalue weighted by atomic mass is 10.2. The summed E-state index contributed by atoms with van der Waals surface area (Å²) in [5, 5.41) is 0. The van der Waals surface area contributed by atoms with Crippen LogP contribution in [0.3, 0.4) is 0 Å². The Morgan fingerprint density at radius 2 is 1.64 bits per heavy atom. The van der Waals surface area contributed by atoms with E-state index in [4.69, 9.17) is 0 Å². The summed E-state index contributed by atoms with van der Waals surface area (Å²) in [6, 6.07) is 0. The molecule has 0 N–H and O–H groups in total. The summed E-state index contributed by atoms with van der Waals surface area (Å²) in [7, 11) is 0. The average Bonchev–Trinajstić information content (AvgIpc) is 2.02. The van der Waals surface area contributed by atoms with Gasteiger partial charge in [-0.1, -0.05) is 5.57 Å². The molecule has 0 nitrogen and oxygen atoms in total. The van der Waals surface area contributed by atoms with E-state index in [0.29, 0.717) is 5.57 Å². The monoisotopic (exact) mass is 242 g/mol. The van der Waals surface area contributed by atoms with E-state index in [2.05, 4.69) is 0 Å². The Bertz CT molecular complexity index is 223. The van der Waals surface area contributed by atoms with E-state index in [9.17, 15) is 13.2 Å². The minimum Gasteiger partial charge on any atom is -0.166 e. The van der Waals surface area contributed by atoms with Crippen molar-refractivity contribution in [3.05, 3.63) is 11.1 Å². The van der Waals surface area contributed by atoms with E-state index >= 15 is 0 Å². The van der Waals surface area contributed by atoms with Crippen molar-refractivity contribution >= 4 is 23.5 Å². The van der Waals surface area contributed by atoms with Gasteiger partial charge < -0.3 is 0 Å². The first-order valence-electron chi connectivity index (χ1n) is 4.40. The van der Waals surface area contributed by atoms with Crippen LogP contribution in [-0.2, 0) is 0 Å². The van der Waals surface area contributed by atoms with Crippen molar-refractivity contribution in [3.8, 4) is 0 Å². The zero-order chi connectivity index (χ0) is 10.8. The van der Waals surface area contributed by atoms with Crippen LogP contribution in [0.1, 0.15) is 20.3 Å². The highest BCUT2D eigenvalue weighted by atomic mass is 32.2. The van der Waals surface area contributed by atoms with Crippen LogP contribution >= 0.6 is 23.5 Å². The predicted molar refractivity (Wildman–Crippen MR) is 57.8 cm³/mol. The molecule has 1 aliphatic rings. The van der Waals surface area contributed by atoms with E-state index < -0.39 is 10.8 Å². The van der Waals surface area contributed by atoms with E-state index in [0.717, 1.165) is 17.9 Å². The van der Waals surface area contributed by atoms with Crippen molar-refractivity contribution in [1.29, 1.82) is 0 Å². The Hall–Kier alpha value is 0.230.